The van der Waals surface area contributed by atoms with Gasteiger partial charge in [-0.3, -0.25) is 13.9 Å². The molecule has 0 saturated carbocycles. The van der Waals surface area contributed by atoms with Crippen molar-refractivity contribution in [3.8, 4) is 0 Å². The average Bonchev–Trinajstić information content (AvgIpc) is 3.23. The average molecular weight is 485 g/mol. The third-order valence-corrected chi connectivity index (χ3v) is 7.32. The number of rotatable bonds is 6. The van der Waals surface area contributed by atoms with E-state index in [1.807, 2.05) is 0 Å². The Hall–Kier alpha value is -3.69. The molecule has 0 fully saturated rings. The molecule has 8 nitrogen and oxygen atoms in total. The van der Waals surface area contributed by atoms with E-state index in [-0.39, 0.29) is 33.8 Å². The van der Waals surface area contributed by atoms with E-state index in [2.05, 4.69) is 5.32 Å². The highest BCUT2D eigenvalue weighted by molar-refractivity contribution is 7.92. The molecule has 1 aliphatic heterocycles. The molecule has 4 rings (SSSR count). The molecule has 0 radical (unpaired) electrons. The van der Waals surface area contributed by atoms with Gasteiger partial charge in [0, 0.05) is 22.7 Å². The molecule has 3 aromatic rings. The van der Waals surface area contributed by atoms with Gasteiger partial charge in [-0.15, -0.1) is 0 Å². The summed E-state index contributed by atoms with van der Waals surface area (Å²) in [6, 6.07) is 14.2. The summed E-state index contributed by atoms with van der Waals surface area (Å²) in [5.74, 6) is -1.93. The molecule has 0 bridgehead atoms. The van der Waals surface area contributed by atoms with E-state index >= 15 is 0 Å². The predicted molar refractivity (Wildman–Crippen MR) is 123 cm³/mol. The summed E-state index contributed by atoms with van der Waals surface area (Å²) in [6.07, 6.45) is 1.05. The van der Waals surface area contributed by atoms with Gasteiger partial charge < -0.3 is 10.4 Å². The number of aldehydes is 1. The van der Waals surface area contributed by atoms with Crippen LogP contribution in [0.15, 0.2) is 65.6 Å². The van der Waals surface area contributed by atoms with Gasteiger partial charge in [-0.25, -0.2) is 13.2 Å². The van der Waals surface area contributed by atoms with E-state index < -0.39 is 21.9 Å². The third kappa shape index (κ3) is 4.33. The van der Waals surface area contributed by atoms with Gasteiger partial charge in [0.15, 0.2) is 0 Å². The van der Waals surface area contributed by atoms with Gasteiger partial charge in [-0.2, -0.15) is 0 Å². The molecule has 1 aliphatic rings. The highest BCUT2D eigenvalue weighted by Crippen LogP contribution is 2.34. The maximum absolute atomic E-state index is 13.1. The van der Waals surface area contributed by atoms with Crippen LogP contribution in [0.5, 0.6) is 0 Å². The van der Waals surface area contributed by atoms with Crippen LogP contribution in [0.25, 0.3) is 0 Å². The van der Waals surface area contributed by atoms with Crippen molar-refractivity contribution in [2.24, 2.45) is 0 Å². The number of anilines is 2. The van der Waals surface area contributed by atoms with Crippen LogP contribution < -0.4 is 9.62 Å². The van der Waals surface area contributed by atoms with Crippen molar-refractivity contribution in [1.29, 1.82) is 0 Å². The first-order valence-electron chi connectivity index (χ1n) is 9.76. The highest BCUT2D eigenvalue weighted by atomic mass is 35.5. The quantitative estimate of drug-likeness (QED) is 0.512. The number of benzene rings is 3. The number of carboxylic acids is 1. The number of carbonyl (C=O) groups is 3. The van der Waals surface area contributed by atoms with Crippen LogP contribution in [0, 0.1) is 0 Å². The Morgan fingerprint density at radius 3 is 2.42 bits per heavy atom. The summed E-state index contributed by atoms with van der Waals surface area (Å²) in [7, 11) is -3.84. The molecule has 168 valence electrons. The van der Waals surface area contributed by atoms with Crippen molar-refractivity contribution in [3.63, 3.8) is 0 Å². The van der Waals surface area contributed by atoms with Gasteiger partial charge in [0.1, 0.15) is 6.29 Å². The Kier molecular flexibility index (Phi) is 5.92. The van der Waals surface area contributed by atoms with Gasteiger partial charge in [-0.05, 0) is 72.6 Å². The molecule has 0 saturated heterocycles. The normalized spacial score (nSPS) is 12.8. The largest absolute Gasteiger partial charge is 0.478 e. The van der Waals surface area contributed by atoms with Crippen LogP contribution in [-0.2, 0) is 16.4 Å². The van der Waals surface area contributed by atoms with Gasteiger partial charge >= 0.3 is 5.97 Å². The summed E-state index contributed by atoms with van der Waals surface area (Å²) < 4.78 is 27.6. The maximum Gasteiger partial charge on any atom is 0.337 e. The molecule has 0 unspecified atom stereocenters. The molecular formula is C23H17ClN2O6S. The van der Waals surface area contributed by atoms with E-state index in [1.165, 1.54) is 40.7 Å². The number of nitrogens with zero attached hydrogens (tertiary/aromatic N) is 1. The Morgan fingerprint density at radius 1 is 1.03 bits per heavy atom. The number of hydrogen-bond acceptors (Lipinski definition) is 5. The standard InChI is InChI=1S/C23H17ClN2O6S/c24-17-4-8-21-16(12-17)9-10-26(21)33(31,32)18-5-2-15(3-6-18)22(28)25-20-7-1-14(13-27)11-19(20)23(29)30/h1-8,11-13H,9-10H2,(H,25,28)(H,29,30). The summed E-state index contributed by atoms with van der Waals surface area (Å²) >= 11 is 6.00. The minimum absolute atomic E-state index is 0.0159. The molecule has 1 heterocycles. The zero-order valence-electron chi connectivity index (χ0n) is 17.0. The first-order chi connectivity index (χ1) is 15.7. The zero-order chi connectivity index (χ0) is 23.8. The number of nitrogens with one attached hydrogen (secondary N) is 1. The molecule has 0 aromatic heterocycles. The van der Waals surface area contributed by atoms with E-state index in [1.54, 1.807) is 18.2 Å². The van der Waals surface area contributed by atoms with Gasteiger partial charge in [0.05, 0.1) is 21.8 Å². The molecule has 33 heavy (non-hydrogen) atoms. The molecular weight excluding hydrogens is 468 g/mol. The molecule has 10 heteroatoms. The Morgan fingerprint density at radius 2 is 1.76 bits per heavy atom. The Bertz CT molecular complexity index is 1390. The van der Waals surface area contributed by atoms with Crippen molar-refractivity contribution < 1.29 is 27.9 Å². The highest BCUT2D eigenvalue weighted by Gasteiger charge is 2.31. The number of hydrogen-bond donors (Lipinski definition) is 2. The van der Waals surface area contributed by atoms with Crippen LogP contribution in [0.3, 0.4) is 0 Å². The lowest BCUT2D eigenvalue weighted by Crippen LogP contribution is -2.29. The number of fused-ring (bicyclic) bond motifs is 1. The maximum atomic E-state index is 13.1. The Balaban J connectivity index is 1.56. The summed E-state index contributed by atoms with van der Waals surface area (Å²) in [4.78, 5) is 35.0. The molecule has 3 aromatic carbocycles. The molecule has 2 N–H and O–H groups in total. The second-order valence-electron chi connectivity index (χ2n) is 7.31. The SMILES string of the molecule is O=Cc1ccc(NC(=O)c2ccc(S(=O)(=O)N3CCc4cc(Cl)ccc43)cc2)c(C(=O)O)c1. The summed E-state index contributed by atoms with van der Waals surface area (Å²) in [5, 5.41) is 12.4. The van der Waals surface area contributed by atoms with Crippen LogP contribution >= 0.6 is 11.6 Å². The fourth-order valence-corrected chi connectivity index (χ4v) is 5.31. The van der Waals surface area contributed by atoms with Crippen LogP contribution in [0.2, 0.25) is 5.02 Å². The van der Waals surface area contributed by atoms with Crippen molar-refractivity contribution in [2.75, 3.05) is 16.2 Å². The van der Waals surface area contributed by atoms with Crippen LogP contribution in [0.4, 0.5) is 11.4 Å². The van der Waals surface area contributed by atoms with Crippen LogP contribution in [-0.4, -0.2) is 38.2 Å². The third-order valence-electron chi connectivity index (χ3n) is 5.26. The predicted octanol–water partition coefficient (Wildman–Crippen LogP) is 3.85. The van der Waals surface area contributed by atoms with Gasteiger partial charge in [0.2, 0.25) is 0 Å². The van der Waals surface area contributed by atoms with Gasteiger partial charge in [-0.1, -0.05) is 11.6 Å². The molecule has 0 spiro atoms. The first-order valence-corrected chi connectivity index (χ1v) is 11.6. The minimum Gasteiger partial charge on any atom is -0.478 e. The van der Waals surface area contributed by atoms with Crippen molar-refractivity contribution >= 4 is 51.2 Å². The lowest BCUT2D eigenvalue weighted by molar-refractivity contribution is 0.0698. The smallest absolute Gasteiger partial charge is 0.337 e. The second-order valence-corrected chi connectivity index (χ2v) is 9.61. The summed E-state index contributed by atoms with van der Waals surface area (Å²) in [6.45, 7) is 0.287. The molecule has 0 atom stereocenters. The summed E-state index contributed by atoms with van der Waals surface area (Å²) in [5.41, 5.74) is 1.49. The van der Waals surface area contributed by atoms with Crippen molar-refractivity contribution in [2.45, 2.75) is 11.3 Å². The van der Waals surface area contributed by atoms with E-state index in [0.717, 1.165) is 11.6 Å². The fraction of sp³-hybridized carbons (Fsp3) is 0.0870. The van der Waals surface area contributed by atoms with Crippen molar-refractivity contribution in [1.82, 2.24) is 0 Å². The number of amides is 1. The zero-order valence-corrected chi connectivity index (χ0v) is 18.6. The number of carbonyl (C=O) groups excluding carboxylic acids is 2. The first kappa shape index (κ1) is 22.5. The minimum atomic E-state index is -3.84. The number of carboxylic acid groups (broad SMARTS) is 1. The Labute approximate surface area is 194 Å². The van der Waals surface area contributed by atoms with E-state index in [4.69, 9.17) is 11.6 Å². The number of aromatic carboxylic acids is 1. The van der Waals surface area contributed by atoms with Crippen LogP contribution in [0.1, 0.15) is 36.6 Å². The van der Waals surface area contributed by atoms with E-state index in [9.17, 15) is 27.9 Å². The topological polar surface area (TPSA) is 121 Å². The lowest BCUT2D eigenvalue weighted by Gasteiger charge is -2.19. The van der Waals surface area contributed by atoms with E-state index in [0.29, 0.717) is 23.4 Å². The lowest BCUT2D eigenvalue weighted by atomic mass is 10.1. The van der Waals surface area contributed by atoms with Crippen molar-refractivity contribution in [3.05, 3.63) is 87.9 Å². The van der Waals surface area contributed by atoms with Gasteiger partial charge in [0.25, 0.3) is 15.9 Å². The molecule has 0 aliphatic carbocycles. The second kappa shape index (κ2) is 8.68. The monoisotopic (exact) mass is 484 g/mol. The fourth-order valence-electron chi connectivity index (χ4n) is 3.61. The number of halogens is 1. The molecule has 1 amide bonds. The number of sulfonamides is 1.